The van der Waals surface area contributed by atoms with E-state index in [4.69, 9.17) is 21.1 Å². The Bertz CT molecular complexity index is 356. The van der Waals surface area contributed by atoms with Gasteiger partial charge in [0.2, 0.25) is 0 Å². The molecule has 0 aliphatic rings. The third-order valence-corrected chi connectivity index (χ3v) is 3.10. The number of unbranched alkanes of at least 4 members (excludes halogenated alkanes) is 1. The Labute approximate surface area is 108 Å². The molecule has 1 aromatic rings. The molecule has 1 aromatic carbocycles. The summed E-state index contributed by atoms with van der Waals surface area (Å²) in [7, 11) is 5.18. The summed E-state index contributed by atoms with van der Waals surface area (Å²) in [6.07, 6.45) is 3.21. The van der Waals surface area contributed by atoms with Gasteiger partial charge in [-0.3, -0.25) is 0 Å². The lowest BCUT2D eigenvalue weighted by Crippen LogP contribution is -2.07. The fraction of sp³-hybridized carbons (Fsp3) is 0.538. The van der Waals surface area contributed by atoms with Crippen LogP contribution in [0.4, 0.5) is 0 Å². The Hall–Kier alpha value is -0.930. The van der Waals surface area contributed by atoms with Crippen molar-refractivity contribution in [2.24, 2.45) is 0 Å². The van der Waals surface area contributed by atoms with Crippen LogP contribution in [0.3, 0.4) is 0 Å². The molecule has 0 fully saturated rings. The normalized spacial score (nSPS) is 10.4. The number of benzene rings is 1. The lowest BCUT2D eigenvalue weighted by molar-refractivity contribution is 0.354. The smallest absolute Gasteiger partial charge is 0.179 e. The molecule has 0 heterocycles. The zero-order valence-corrected chi connectivity index (χ0v) is 11.4. The summed E-state index contributed by atoms with van der Waals surface area (Å²) in [6, 6.07) is 3.90. The largest absolute Gasteiger partial charge is 0.493 e. The van der Waals surface area contributed by atoms with Crippen LogP contribution in [-0.2, 0) is 6.42 Å². The van der Waals surface area contributed by atoms with Crippen molar-refractivity contribution in [3.05, 3.63) is 22.7 Å². The fourth-order valence-corrected chi connectivity index (χ4v) is 2.07. The summed E-state index contributed by atoms with van der Waals surface area (Å²) in [6.45, 7) is 1.03. The van der Waals surface area contributed by atoms with E-state index in [1.54, 1.807) is 14.2 Å². The van der Waals surface area contributed by atoms with Crippen molar-refractivity contribution in [3.63, 3.8) is 0 Å². The van der Waals surface area contributed by atoms with E-state index in [1.165, 1.54) is 0 Å². The molecule has 1 N–H and O–H groups in total. The van der Waals surface area contributed by atoms with E-state index in [-0.39, 0.29) is 0 Å². The van der Waals surface area contributed by atoms with Crippen molar-refractivity contribution in [3.8, 4) is 11.5 Å². The minimum absolute atomic E-state index is 0.625. The molecule has 0 aromatic heterocycles. The zero-order valence-electron chi connectivity index (χ0n) is 10.7. The van der Waals surface area contributed by atoms with E-state index in [9.17, 15) is 0 Å². The Morgan fingerprint density at radius 3 is 2.53 bits per heavy atom. The number of ether oxygens (including phenoxy) is 2. The van der Waals surface area contributed by atoms with E-state index in [1.807, 2.05) is 19.2 Å². The lowest BCUT2D eigenvalue weighted by atomic mass is 10.1. The molecular weight excluding hydrogens is 238 g/mol. The van der Waals surface area contributed by atoms with Gasteiger partial charge >= 0.3 is 0 Å². The molecule has 0 unspecified atom stereocenters. The number of rotatable bonds is 7. The molecule has 0 amide bonds. The van der Waals surface area contributed by atoms with E-state index in [0.29, 0.717) is 16.5 Å². The first-order chi connectivity index (χ1) is 8.24. The van der Waals surface area contributed by atoms with Crippen LogP contribution >= 0.6 is 11.6 Å². The van der Waals surface area contributed by atoms with E-state index in [0.717, 1.165) is 31.4 Å². The monoisotopic (exact) mass is 257 g/mol. The summed E-state index contributed by atoms with van der Waals surface area (Å²) in [5.74, 6) is 1.30. The number of nitrogens with one attached hydrogen (secondary N) is 1. The van der Waals surface area contributed by atoms with Crippen molar-refractivity contribution in [2.75, 3.05) is 27.8 Å². The average Bonchev–Trinajstić information content (AvgIpc) is 2.35. The number of halogens is 1. The third kappa shape index (κ3) is 3.79. The summed E-state index contributed by atoms with van der Waals surface area (Å²) < 4.78 is 10.5. The Morgan fingerprint density at radius 1 is 1.18 bits per heavy atom. The number of hydrogen-bond acceptors (Lipinski definition) is 3. The molecule has 1 rings (SSSR count). The minimum Gasteiger partial charge on any atom is -0.493 e. The maximum atomic E-state index is 6.29. The van der Waals surface area contributed by atoms with Gasteiger partial charge in [0.25, 0.3) is 0 Å². The second-order valence-electron chi connectivity index (χ2n) is 3.83. The summed E-state index contributed by atoms with van der Waals surface area (Å²) in [5.41, 5.74) is 1.11. The molecule has 3 nitrogen and oxygen atoms in total. The number of hydrogen-bond donors (Lipinski definition) is 1. The molecule has 0 radical (unpaired) electrons. The number of aryl methyl sites for hydroxylation is 1. The quantitative estimate of drug-likeness (QED) is 0.762. The van der Waals surface area contributed by atoms with Gasteiger partial charge in [0.15, 0.2) is 11.5 Å². The molecule has 0 bridgehead atoms. The van der Waals surface area contributed by atoms with Gasteiger partial charge in [0.1, 0.15) is 0 Å². The standard InChI is InChI=1S/C13H20ClNO2/c1-15-9-5-4-6-10-7-8-11(16-2)13(17-3)12(10)14/h7-8,15H,4-6,9H2,1-3H3. The van der Waals surface area contributed by atoms with Gasteiger partial charge < -0.3 is 14.8 Å². The van der Waals surface area contributed by atoms with Crippen LogP contribution in [0.15, 0.2) is 12.1 Å². The highest BCUT2D eigenvalue weighted by Gasteiger charge is 2.12. The first-order valence-corrected chi connectivity index (χ1v) is 6.16. The predicted octanol–water partition coefficient (Wildman–Crippen LogP) is 2.90. The predicted molar refractivity (Wildman–Crippen MR) is 71.4 cm³/mol. The zero-order chi connectivity index (χ0) is 12.7. The molecular formula is C13H20ClNO2. The van der Waals surface area contributed by atoms with Crippen LogP contribution in [0.1, 0.15) is 18.4 Å². The average molecular weight is 258 g/mol. The van der Waals surface area contributed by atoms with Crippen LogP contribution in [0.2, 0.25) is 5.02 Å². The van der Waals surface area contributed by atoms with Gasteiger partial charge in [-0.15, -0.1) is 0 Å². The highest BCUT2D eigenvalue weighted by Crippen LogP contribution is 2.37. The summed E-state index contributed by atoms with van der Waals surface area (Å²) >= 11 is 6.29. The molecule has 0 atom stereocenters. The van der Waals surface area contributed by atoms with Gasteiger partial charge in [-0.1, -0.05) is 17.7 Å². The first-order valence-electron chi connectivity index (χ1n) is 5.78. The Morgan fingerprint density at radius 2 is 1.94 bits per heavy atom. The minimum atomic E-state index is 0.625. The maximum absolute atomic E-state index is 6.29. The van der Waals surface area contributed by atoms with Crippen molar-refractivity contribution in [1.82, 2.24) is 5.32 Å². The van der Waals surface area contributed by atoms with E-state index in [2.05, 4.69) is 5.32 Å². The second kappa shape index (κ2) is 7.41. The third-order valence-electron chi connectivity index (χ3n) is 2.69. The van der Waals surface area contributed by atoms with E-state index >= 15 is 0 Å². The maximum Gasteiger partial charge on any atom is 0.179 e. The lowest BCUT2D eigenvalue weighted by Gasteiger charge is -2.12. The van der Waals surface area contributed by atoms with Crippen molar-refractivity contribution in [2.45, 2.75) is 19.3 Å². The summed E-state index contributed by atoms with van der Waals surface area (Å²) in [5, 5.41) is 3.79. The molecule has 0 saturated heterocycles. The van der Waals surface area contributed by atoms with Crippen LogP contribution in [0, 0.1) is 0 Å². The SMILES string of the molecule is CNCCCCc1ccc(OC)c(OC)c1Cl. The second-order valence-corrected chi connectivity index (χ2v) is 4.21. The fourth-order valence-electron chi connectivity index (χ4n) is 1.74. The van der Waals surface area contributed by atoms with E-state index < -0.39 is 0 Å². The molecule has 0 saturated carbocycles. The molecule has 0 aliphatic heterocycles. The van der Waals surface area contributed by atoms with Gasteiger partial charge in [-0.25, -0.2) is 0 Å². The van der Waals surface area contributed by atoms with Gasteiger partial charge in [0, 0.05) is 0 Å². The van der Waals surface area contributed by atoms with Crippen molar-refractivity contribution >= 4 is 11.6 Å². The molecule has 4 heteroatoms. The van der Waals surface area contributed by atoms with Crippen molar-refractivity contribution < 1.29 is 9.47 Å². The van der Waals surface area contributed by atoms with Gasteiger partial charge in [-0.05, 0) is 44.5 Å². The Balaban J connectivity index is 2.73. The van der Waals surface area contributed by atoms with Gasteiger partial charge in [0.05, 0.1) is 19.2 Å². The topological polar surface area (TPSA) is 30.5 Å². The molecule has 17 heavy (non-hydrogen) atoms. The number of methoxy groups -OCH3 is 2. The highest BCUT2D eigenvalue weighted by atomic mass is 35.5. The van der Waals surface area contributed by atoms with Crippen LogP contribution in [0.5, 0.6) is 11.5 Å². The highest BCUT2D eigenvalue weighted by molar-refractivity contribution is 6.33. The molecule has 0 aliphatic carbocycles. The molecule has 96 valence electrons. The van der Waals surface area contributed by atoms with Crippen molar-refractivity contribution in [1.29, 1.82) is 0 Å². The molecule has 0 spiro atoms. The Kier molecular flexibility index (Phi) is 6.16. The first kappa shape index (κ1) is 14.1. The summed E-state index contributed by atoms with van der Waals surface area (Å²) in [4.78, 5) is 0. The van der Waals surface area contributed by atoms with Crippen LogP contribution in [0.25, 0.3) is 0 Å². The van der Waals surface area contributed by atoms with Crippen LogP contribution < -0.4 is 14.8 Å². The van der Waals surface area contributed by atoms with Crippen LogP contribution in [-0.4, -0.2) is 27.8 Å². The van der Waals surface area contributed by atoms with Gasteiger partial charge in [-0.2, -0.15) is 0 Å².